The first-order chi connectivity index (χ1) is 23.4. The maximum absolute atomic E-state index is 13.2. The lowest BCUT2D eigenvalue weighted by molar-refractivity contribution is -0.139. The number of rotatable bonds is 22. The highest BCUT2D eigenvalue weighted by molar-refractivity contribution is 5.79. The molecule has 1 aromatic carbocycles. The van der Waals surface area contributed by atoms with Gasteiger partial charge in [-0.3, -0.25) is 0 Å². The standard InChI is InChI=1S/C37H44N3O8/c41-34(42)33(39-36(44)48-25-32-12-2-1-3-13-32)20-10-11-21-38-35(43)40-37(26-45-22-29-14-4-5-15-29,27-46-23-30-16-6-7-17-30)28-47-24-31-18-8-9-19-31/h1-9,12-19,33H,10-11,20-28H2,(H,39,44)(H,41,42)(H2,38,40,43). The monoisotopic (exact) mass is 658 g/mol. The number of carboxylic acids is 1. The van der Waals surface area contributed by atoms with E-state index in [1.807, 2.05) is 107 Å². The van der Waals surface area contributed by atoms with E-state index < -0.39 is 29.7 Å². The summed E-state index contributed by atoms with van der Waals surface area (Å²) in [6, 6.07) is 7.57. The normalized spacial score (nSPS) is 18.2. The fourth-order valence-corrected chi connectivity index (χ4v) is 4.98. The predicted molar refractivity (Wildman–Crippen MR) is 178 cm³/mol. The summed E-state index contributed by atoms with van der Waals surface area (Å²) in [5.41, 5.74) is -0.211. The second-order valence-corrected chi connectivity index (χ2v) is 11.6. The second kappa shape index (κ2) is 21.3. The molecule has 0 aromatic heterocycles. The van der Waals surface area contributed by atoms with Gasteiger partial charge in [-0.05, 0) is 102 Å². The third-order valence-corrected chi connectivity index (χ3v) is 7.52. The van der Waals surface area contributed by atoms with E-state index in [2.05, 4.69) is 16.0 Å². The molecule has 0 bridgehead atoms. The van der Waals surface area contributed by atoms with Crippen LogP contribution in [0, 0.1) is 94.8 Å². The van der Waals surface area contributed by atoms with Crippen molar-refractivity contribution in [2.24, 2.45) is 0 Å². The Hall–Kier alpha value is -2.89. The largest absolute Gasteiger partial charge is 0.480 e. The molecule has 0 heterocycles. The molecular formula is C37H44N3O8. The van der Waals surface area contributed by atoms with Crippen LogP contribution in [-0.2, 0) is 30.3 Å². The Balaban J connectivity index is 1.24. The second-order valence-electron chi connectivity index (χ2n) is 11.6. The number of ether oxygens (including phenoxy) is 4. The number of amides is 3. The molecule has 4 N–H and O–H groups in total. The van der Waals surface area contributed by atoms with Crippen LogP contribution in [0.1, 0.15) is 24.8 Å². The molecule has 3 fully saturated rings. The highest BCUT2D eigenvalue weighted by Crippen LogP contribution is 2.26. The van der Waals surface area contributed by atoms with Gasteiger partial charge in [-0.1, -0.05) is 30.3 Å². The number of carbonyl (C=O) groups excluding carboxylic acids is 2. The van der Waals surface area contributed by atoms with Gasteiger partial charge in [0.2, 0.25) is 0 Å². The first-order valence-corrected chi connectivity index (χ1v) is 16.0. The molecule has 11 nitrogen and oxygen atoms in total. The number of carbonyl (C=O) groups is 3. The van der Waals surface area contributed by atoms with Crippen LogP contribution in [-0.4, -0.2) is 81.0 Å². The van der Waals surface area contributed by atoms with E-state index in [1.165, 1.54) is 0 Å². The van der Waals surface area contributed by atoms with E-state index in [1.54, 1.807) is 0 Å². The molecule has 3 aliphatic rings. The number of aliphatic carboxylic acids is 1. The summed E-state index contributed by atoms with van der Waals surface area (Å²) in [6.45, 7) is 1.83. The van der Waals surface area contributed by atoms with Gasteiger partial charge in [0.05, 0.1) is 39.6 Å². The van der Waals surface area contributed by atoms with Crippen molar-refractivity contribution in [3.8, 4) is 0 Å². The first-order valence-electron chi connectivity index (χ1n) is 16.0. The number of hydrogen-bond acceptors (Lipinski definition) is 7. The molecule has 0 aliphatic heterocycles. The van der Waals surface area contributed by atoms with Gasteiger partial charge in [0.1, 0.15) is 18.2 Å². The van der Waals surface area contributed by atoms with Crippen molar-refractivity contribution in [3.05, 3.63) is 131 Å². The van der Waals surface area contributed by atoms with E-state index in [0.29, 0.717) is 32.7 Å². The molecule has 3 amide bonds. The average Bonchev–Trinajstić information content (AvgIpc) is 3.89. The third-order valence-electron chi connectivity index (χ3n) is 7.52. The van der Waals surface area contributed by atoms with E-state index in [-0.39, 0.29) is 39.4 Å². The molecule has 1 atom stereocenters. The van der Waals surface area contributed by atoms with Crippen LogP contribution in [0.15, 0.2) is 30.3 Å². The van der Waals surface area contributed by atoms with Crippen molar-refractivity contribution in [1.82, 2.24) is 16.0 Å². The van der Waals surface area contributed by atoms with Crippen LogP contribution in [0.5, 0.6) is 0 Å². The molecule has 1 unspecified atom stereocenters. The summed E-state index contributed by atoms with van der Waals surface area (Å²) in [6.07, 6.45) is 23.8. The molecule has 3 aliphatic carbocycles. The van der Waals surface area contributed by atoms with Gasteiger partial charge in [-0.2, -0.15) is 0 Å². The molecule has 255 valence electrons. The maximum Gasteiger partial charge on any atom is 0.408 e. The molecule has 48 heavy (non-hydrogen) atoms. The van der Waals surface area contributed by atoms with Crippen LogP contribution in [0.25, 0.3) is 0 Å². The zero-order valence-corrected chi connectivity index (χ0v) is 27.0. The van der Waals surface area contributed by atoms with Crippen molar-refractivity contribution < 1.29 is 38.4 Å². The lowest BCUT2D eigenvalue weighted by atomic mass is 10.0. The number of benzene rings is 1. The molecule has 3 saturated carbocycles. The van der Waals surface area contributed by atoms with E-state index in [4.69, 9.17) is 18.9 Å². The number of carboxylic acid groups (broad SMARTS) is 1. The number of hydrogen-bond donors (Lipinski definition) is 4. The van der Waals surface area contributed by atoms with Crippen LogP contribution in [0.4, 0.5) is 9.59 Å². The van der Waals surface area contributed by atoms with Gasteiger partial charge in [-0.15, -0.1) is 0 Å². The van der Waals surface area contributed by atoms with Crippen molar-refractivity contribution in [3.63, 3.8) is 0 Å². The minimum atomic E-state index is -1.16. The zero-order chi connectivity index (χ0) is 33.9. The van der Waals surface area contributed by atoms with Crippen molar-refractivity contribution >= 4 is 18.1 Å². The van der Waals surface area contributed by atoms with Crippen LogP contribution < -0.4 is 16.0 Å². The van der Waals surface area contributed by atoms with Gasteiger partial charge in [0, 0.05) is 24.3 Å². The molecule has 0 spiro atoms. The zero-order valence-electron chi connectivity index (χ0n) is 27.0. The molecule has 0 saturated heterocycles. The number of urea groups is 1. The molecule has 4 rings (SSSR count). The highest BCUT2D eigenvalue weighted by atomic mass is 16.5. The maximum atomic E-state index is 13.2. The topological polar surface area (TPSA) is 144 Å². The SMILES string of the molecule is O=C(NCCCCC(NC(=O)OCc1ccccc1)C(=O)O)NC(COC[C]1[CH][CH][CH][CH]1)(COC[C]1[CH][CH][CH][CH]1)COC[C]1[CH][CH][CH][CH]1. The quantitative estimate of drug-likeness (QED) is 0.138. The Morgan fingerprint density at radius 3 is 1.67 bits per heavy atom. The minimum absolute atomic E-state index is 0.0369. The van der Waals surface area contributed by atoms with Crippen molar-refractivity contribution in [2.75, 3.05) is 46.2 Å². The summed E-state index contributed by atoms with van der Waals surface area (Å²) in [5, 5.41) is 17.9. The Morgan fingerprint density at radius 2 is 1.19 bits per heavy atom. The number of nitrogens with one attached hydrogen (secondary N) is 3. The Labute approximate surface area is 286 Å². The van der Waals surface area contributed by atoms with E-state index in [9.17, 15) is 19.5 Å². The minimum Gasteiger partial charge on any atom is -0.480 e. The van der Waals surface area contributed by atoms with Gasteiger partial charge >= 0.3 is 18.1 Å². The summed E-state index contributed by atoms with van der Waals surface area (Å²) in [7, 11) is 0. The van der Waals surface area contributed by atoms with Gasteiger partial charge in [-0.25, -0.2) is 14.4 Å². The van der Waals surface area contributed by atoms with Gasteiger partial charge in [0.25, 0.3) is 0 Å². The lowest BCUT2D eigenvalue weighted by Gasteiger charge is -2.35. The third kappa shape index (κ3) is 14.3. The van der Waals surface area contributed by atoms with Crippen molar-refractivity contribution in [1.29, 1.82) is 0 Å². The summed E-state index contributed by atoms with van der Waals surface area (Å²) >= 11 is 0. The Morgan fingerprint density at radius 1 is 0.688 bits per heavy atom. The van der Waals surface area contributed by atoms with Crippen LogP contribution in [0.2, 0.25) is 0 Å². The number of unbranched alkanes of at least 4 members (excludes halogenated alkanes) is 1. The summed E-state index contributed by atoms with van der Waals surface area (Å²) in [4.78, 5) is 37.1. The fourth-order valence-electron chi connectivity index (χ4n) is 4.98. The Kier molecular flexibility index (Phi) is 16.8. The van der Waals surface area contributed by atoms with Gasteiger partial charge in [0.15, 0.2) is 0 Å². The van der Waals surface area contributed by atoms with Crippen molar-refractivity contribution in [2.45, 2.75) is 37.5 Å². The average molecular weight is 659 g/mol. The van der Waals surface area contributed by atoms with E-state index in [0.717, 1.165) is 23.3 Å². The molecule has 1 aromatic rings. The Bertz CT molecular complexity index is 1020. The molecule has 11 heteroatoms. The highest BCUT2D eigenvalue weighted by Gasteiger charge is 2.35. The molecule has 15 radical (unpaired) electrons. The summed E-state index contributed by atoms with van der Waals surface area (Å²) in [5.74, 6) is 1.89. The lowest BCUT2D eigenvalue weighted by Crippen LogP contribution is -2.61. The van der Waals surface area contributed by atoms with Gasteiger partial charge < -0.3 is 40.0 Å². The van der Waals surface area contributed by atoms with E-state index >= 15 is 0 Å². The first kappa shape index (κ1) is 37.9. The smallest absolute Gasteiger partial charge is 0.408 e. The molecular weight excluding hydrogens is 614 g/mol. The fraction of sp³-hybridized carbons (Fsp3) is 0.351. The predicted octanol–water partition coefficient (Wildman–Crippen LogP) is 3.84. The van der Waals surface area contributed by atoms with Crippen LogP contribution >= 0.6 is 0 Å². The summed E-state index contributed by atoms with van der Waals surface area (Å²) < 4.78 is 23.4. The number of alkyl carbamates (subject to hydrolysis) is 1. The van der Waals surface area contributed by atoms with Crippen LogP contribution in [0.3, 0.4) is 0 Å².